The van der Waals surface area contributed by atoms with Crippen LogP contribution in [0, 0.1) is 0 Å². The number of rotatable bonds is 7. The van der Waals surface area contributed by atoms with Gasteiger partial charge in [-0.05, 0) is 42.2 Å². The van der Waals surface area contributed by atoms with Crippen LogP contribution in [-0.4, -0.2) is 39.3 Å². The third-order valence-electron chi connectivity index (χ3n) is 7.01. The van der Waals surface area contributed by atoms with Crippen LogP contribution in [0.4, 0.5) is 13.2 Å². The normalized spacial score (nSPS) is 16.1. The maximum Gasteiger partial charge on any atom is 0.416 e. The zero-order chi connectivity index (χ0) is 25.8. The lowest BCUT2D eigenvalue weighted by molar-refractivity contribution is -0.137. The number of benzene rings is 2. The van der Waals surface area contributed by atoms with Crippen LogP contribution in [0.5, 0.6) is 0 Å². The molecule has 0 spiro atoms. The highest BCUT2D eigenvalue weighted by molar-refractivity contribution is 5.78. The van der Waals surface area contributed by atoms with Gasteiger partial charge in [0.05, 0.1) is 11.3 Å². The molecule has 2 aromatic carbocycles. The fraction of sp³-hybridized carbons (Fsp3) is 0.310. The van der Waals surface area contributed by atoms with Crippen molar-refractivity contribution < 1.29 is 18.0 Å². The first kappa shape index (κ1) is 25.0. The molecule has 5 nitrogen and oxygen atoms in total. The number of hydrogen-bond donors (Lipinski definition) is 1. The number of carbonyl (C=O) groups excluding carboxylic acids is 1. The first-order chi connectivity index (χ1) is 17.9. The van der Waals surface area contributed by atoms with E-state index in [1.165, 1.54) is 11.6 Å². The number of likely N-dealkylation sites (tertiary alicyclic amines) is 1. The van der Waals surface area contributed by atoms with Gasteiger partial charge in [-0.15, -0.1) is 0 Å². The highest BCUT2D eigenvalue weighted by atomic mass is 19.4. The fourth-order valence-electron chi connectivity index (χ4n) is 5.08. The number of hydrogen-bond acceptors (Lipinski definition) is 3. The molecule has 8 heteroatoms. The Bertz CT molecular complexity index is 1340. The van der Waals surface area contributed by atoms with Crippen molar-refractivity contribution in [2.45, 2.75) is 43.9 Å². The number of amides is 1. The summed E-state index contributed by atoms with van der Waals surface area (Å²) in [6.07, 6.45) is 0.712. The summed E-state index contributed by atoms with van der Waals surface area (Å²) in [5, 5.41) is 3.14. The zero-order valence-electron chi connectivity index (χ0n) is 20.4. The lowest BCUT2D eigenvalue weighted by Crippen LogP contribution is -2.44. The molecule has 0 saturated carbocycles. The molecule has 1 amide bonds. The van der Waals surface area contributed by atoms with E-state index in [2.05, 4.69) is 27.3 Å². The molecule has 1 aliphatic rings. The minimum atomic E-state index is -4.46. The van der Waals surface area contributed by atoms with E-state index in [0.29, 0.717) is 16.9 Å². The summed E-state index contributed by atoms with van der Waals surface area (Å²) in [6.45, 7) is 2.64. The third-order valence-corrected chi connectivity index (χ3v) is 7.01. The fourth-order valence-corrected chi connectivity index (χ4v) is 5.08. The molecule has 1 fully saturated rings. The number of piperidine rings is 1. The van der Waals surface area contributed by atoms with E-state index in [-0.39, 0.29) is 18.4 Å². The van der Waals surface area contributed by atoms with Gasteiger partial charge in [-0.1, -0.05) is 54.6 Å². The van der Waals surface area contributed by atoms with Gasteiger partial charge >= 0.3 is 6.18 Å². The van der Waals surface area contributed by atoms with Gasteiger partial charge in [-0.2, -0.15) is 13.2 Å². The Morgan fingerprint density at radius 2 is 1.76 bits per heavy atom. The standard InChI is InChI=1S/C29H29F3N4O/c30-29(31,32)23-10-6-9-22(17-23)25(26-19-33-27-11-4-5-14-36(26)27)18-28(37)34-24-12-15-35(16-13-24)20-21-7-2-1-3-8-21/h1-11,14,17,19,24-25H,12-13,15-16,18,20H2,(H,34,37). The number of nitrogens with zero attached hydrogens (tertiary/aromatic N) is 3. The summed E-state index contributed by atoms with van der Waals surface area (Å²) >= 11 is 0. The SMILES string of the molecule is O=C(CC(c1cccc(C(F)(F)F)c1)c1cnc2ccccn12)NC1CCN(Cc2ccccc2)CC1. The van der Waals surface area contributed by atoms with Crippen LogP contribution in [0.2, 0.25) is 0 Å². The molecule has 0 aliphatic carbocycles. The molecule has 2 aromatic heterocycles. The molecule has 1 saturated heterocycles. The van der Waals surface area contributed by atoms with Crippen molar-refractivity contribution in [3.05, 3.63) is 108 Å². The van der Waals surface area contributed by atoms with Gasteiger partial charge in [0.15, 0.2) is 0 Å². The van der Waals surface area contributed by atoms with E-state index in [0.717, 1.165) is 44.6 Å². The van der Waals surface area contributed by atoms with Crippen LogP contribution in [0.1, 0.15) is 47.6 Å². The number of imidazole rings is 1. The van der Waals surface area contributed by atoms with Crippen molar-refractivity contribution in [3.8, 4) is 0 Å². The maximum absolute atomic E-state index is 13.5. The minimum Gasteiger partial charge on any atom is -0.353 e. The number of pyridine rings is 1. The molecule has 37 heavy (non-hydrogen) atoms. The van der Waals surface area contributed by atoms with Crippen LogP contribution < -0.4 is 5.32 Å². The van der Waals surface area contributed by atoms with Crippen molar-refractivity contribution in [2.75, 3.05) is 13.1 Å². The zero-order valence-corrected chi connectivity index (χ0v) is 20.4. The molecule has 1 unspecified atom stereocenters. The van der Waals surface area contributed by atoms with Gasteiger partial charge in [0.1, 0.15) is 5.65 Å². The van der Waals surface area contributed by atoms with Crippen LogP contribution in [-0.2, 0) is 17.5 Å². The van der Waals surface area contributed by atoms with Crippen LogP contribution in [0.3, 0.4) is 0 Å². The van der Waals surface area contributed by atoms with Gasteiger partial charge in [-0.3, -0.25) is 9.69 Å². The number of carbonyl (C=O) groups is 1. The van der Waals surface area contributed by atoms with E-state index < -0.39 is 17.7 Å². The molecule has 4 aromatic rings. The van der Waals surface area contributed by atoms with Gasteiger partial charge in [-0.25, -0.2) is 4.98 Å². The lowest BCUT2D eigenvalue weighted by Gasteiger charge is -2.32. The molecule has 0 bridgehead atoms. The van der Waals surface area contributed by atoms with Crippen molar-refractivity contribution in [1.29, 1.82) is 0 Å². The Morgan fingerprint density at radius 3 is 2.51 bits per heavy atom. The Balaban J connectivity index is 1.30. The molecule has 1 atom stereocenters. The first-order valence-electron chi connectivity index (χ1n) is 12.5. The van der Waals surface area contributed by atoms with Crippen molar-refractivity contribution in [3.63, 3.8) is 0 Å². The molecule has 0 radical (unpaired) electrons. The molecule has 1 N–H and O–H groups in total. The second-order valence-electron chi connectivity index (χ2n) is 9.60. The summed E-state index contributed by atoms with van der Waals surface area (Å²) in [5.41, 5.74) is 2.34. The number of fused-ring (bicyclic) bond motifs is 1. The molecule has 5 rings (SSSR count). The monoisotopic (exact) mass is 506 g/mol. The van der Waals surface area contributed by atoms with Crippen molar-refractivity contribution in [2.24, 2.45) is 0 Å². The quantitative estimate of drug-likeness (QED) is 0.352. The second-order valence-corrected chi connectivity index (χ2v) is 9.60. The first-order valence-corrected chi connectivity index (χ1v) is 12.5. The summed E-state index contributed by atoms with van der Waals surface area (Å²) in [4.78, 5) is 20.0. The Kier molecular flexibility index (Phi) is 7.28. The van der Waals surface area contributed by atoms with Crippen molar-refractivity contribution in [1.82, 2.24) is 19.6 Å². The van der Waals surface area contributed by atoms with Crippen LogP contribution in [0.15, 0.2) is 85.2 Å². The van der Waals surface area contributed by atoms with E-state index in [1.807, 2.05) is 47.0 Å². The highest BCUT2D eigenvalue weighted by Crippen LogP contribution is 2.34. The Hall–Kier alpha value is -3.65. The molecular formula is C29H29F3N4O. The summed E-state index contributed by atoms with van der Waals surface area (Å²) < 4.78 is 42.2. The number of alkyl halides is 3. The highest BCUT2D eigenvalue weighted by Gasteiger charge is 2.32. The number of aromatic nitrogens is 2. The average Bonchev–Trinajstić information content (AvgIpc) is 3.33. The van der Waals surface area contributed by atoms with Gasteiger partial charge in [0, 0.05) is 50.4 Å². The second kappa shape index (κ2) is 10.8. The average molecular weight is 507 g/mol. The molecule has 1 aliphatic heterocycles. The molecular weight excluding hydrogens is 477 g/mol. The smallest absolute Gasteiger partial charge is 0.353 e. The lowest BCUT2D eigenvalue weighted by atomic mass is 9.90. The largest absolute Gasteiger partial charge is 0.416 e. The topological polar surface area (TPSA) is 49.6 Å². The minimum absolute atomic E-state index is 0.0359. The van der Waals surface area contributed by atoms with E-state index in [9.17, 15) is 18.0 Å². The maximum atomic E-state index is 13.5. The van der Waals surface area contributed by atoms with Gasteiger partial charge < -0.3 is 9.72 Å². The molecule has 3 heterocycles. The number of nitrogens with one attached hydrogen (secondary N) is 1. The predicted molar refractivity (Wildman–Crippen MR) is 136 cm³/mol. The van der Waals surface area contributed by atoms with Crippen molar-refractivity contribution >= 4 is 11.6 Å². The summed E-state index contributed by atoms with van der Waals surface area (Å²) in [5.74, 6) is -0.743. The van der Waals surface area contributed by atoms with E-state index >= 15 is 0 Å². The van der Waals surface area contributed by atoms with Gasteiger partial charge in [0.2, 0.25) is 5.91 Å². The predicted octanol–water partition coefficient (Wildman–Crippen LogP) is 5.66. The summed E-state index contributed by atoms with van der Waals surface area (Å²) in [6, 6.07) is 21.1. The third kappa shape index (κ3) is 6.02. The Labute approximate surface area is 213 Å². The summed E-state index contributed by atoms with van der Waals surface area (Å²) in [7, 11) is 0. The van der Waals surface area contributed by atoms with Crippen LogP contribution >= 0.6 is 0 Å². The Morgan fingerprint density at radius 1 is 1.00 bits per heavy atom. The molecule has 192 valence electrons. The van der Waals surface area contributed by atoms with Gasteiger partial charge in [0.25, 0.3) is 0 Å². The van der Waals surface area contributed by atoms with E-state index in [1.54, 1.807) is 12.3 Å². The van der Waals surface area contributed by atoms with E-state index in [4.69, 9.17) is 0 Å². The number of halogens is 3. The van der Waals surface area contributed by atoms with Crippen LogP contribution in [0.25, 0.3) is 5.65 Å².